The summed E-state index contributed by atoms with van der Waals surface area (Å²) in [6.07, 6.45) is 2.92. The van der Waals surface area contributed by atoms with Crippen LogP contribution in [0.5, 0.6) is 11.5 Å². The minimum absolute atomic E-state index is 0.000351. The maximum atomic E-state index is 12.6. The summed E-state index contributed by atoms with van der Waals surface area (Å²) in [7, 11) is 4.52. The van der Waals surface area contributed by atoms with Crippen LogP contribution in [0.1, 0.15) is 41.6 Å². The molecular weight excluding hydrogens is 378 g/mol. The van der Waals surface area contributed by atoms with Crippen molar-refractivity contribution in [2.24, 2.45) is 0 Å². The quantitative estimate of drug-likeness (QED) is 0.496. The minimum atomic E-state index is -0.192. The Kier molecular flexibility index (Phi) is 6.48. The van der Waals surface area contributed by atoms with E-state index in [4.69, 9.17) is 9.47 Å². The molecule has 24 heavy (non-hydrogen) atoms. The lowest BCUT2D eigenvalue weighted by Gasteiger charge is -2.15. The van der Waals surface area contributed by atoms with Gasteiger partial charge in [-0.1, -0.05) is 6.42 Å². The zero-order valence-electron chi connectivity index (χ0n) is 14.2. The molecule has 0 aromatic heterocycles. The van der Waals surface area contributed by atoms with Gasteiger partial charge in [0.25, 0.3) is 5.91 Å². The van der Waals surface area contributed by atoms with E-state index < -0.39 is 0 Å². The Morgan fingerprint density at radius 2 is 1.96 bits per heavy atom. The minimum Gasteiger partial charge on any atom is -0.493 e. The number of fused-ring (bicyclic) bond motifs is 1. The predicted octanol–water partition coefficient (Wildman–Crippen LogP) is 3.16. The van der Waals surface area contributed by atoms with E-state index in [1.165, 1.54) is 7.11 Å². The van der Waals surface area contributed by atoms with Gasteiger partial charge in [0.05, 0.1) is 25.8 Å². The molecule has 0 saturated carbocycles. The van der Waals surface area contributed by atoms with Crippen molar-refractivity contribution in [2.75, 3.05) is 27.9 Å². The second-order valence-electron chi connectivity index (χ2n) is 5.57. The first-order valence-electron chi connectivity index (χ1n) is 7.82. The number of ether oxygens (including phenoxy) is 3. The standard InChI is InChI=1S/C17H22BrNO5/c1-22-13-9-11-12(15(18)16(13)24-3)10-19(17(11)21)8-6-4-5-7-14(20)23-2/h9H,4-8,10H2,1-3H3. The lowest BCUT2D eigenvalue weighted by atomic mass is 10.1. The Balaban J connectivity index is 1.98. The van der Waals surface area contributed by atoms with Gasteiger partial charge in [-0.3, -0.25) is 9.59 Å². The monoisotopic (exact) mass is 399 g/mol. The van der Waals surface area contributed by atoms with Crippen molar-refractivity contribution in [3.8, 4) is 11.5 Å². The molecule has 0 bridgehead atoms. The fourth-order valence-corrected chi connectivity index (χ4v) is 3.50. The zero-order valence-corrected chi connectivity index (χ0v) is 15.8. The van der Waals surface area contributed by atoms with Crippen LogP contribution < -0.4 is 9.47 Å². The van der Waals surface area contributed by atoms with Crippen LogP contribution >= 0.6 is 15.9 Å². The van der Waals surface area contributed by atoms with E-state index in [1.54, 1.807) is 20.3 Å². The molecule has 1 aliphatic heterocycles. The number of carbonyl (C=O) groups excluding carboxylic acids is 2. The molecule has 0 spiro atoms. The lowest BCUT2D eigenvalue weighted by Crippen LogP contribution is -2.25. The Hall–Kier alpha value is -1.76. The third-order valence-corrected chi connectivity index (χ3v) is 4.95. The number of amides is 1. The Bertz CT molecular complexity index is 632. The first-order valence-corrected chi connectivity index (χ1v) is 8.62. The van der Waals surface area contributed by atoms with Crippen LogP contribution in [0.15, 0.2) is 10.5 Å². The molecule has 6 nitrogen and oxygen atoms in total. The van der Waals surface area contributed by atoms with E-state index in [1.807, 2.05) is 4.90 Å². The van der Waals surface area contributed by atoms with Crippen molar-refractivity contribution in [3.63, 3.8) is 0 Å². The average molecular weight is 400 g/mol. The van der Waals surface area contributed by atoms with E-state index >= 15 is 0 Å². The summed E-state index contributed by atoms with van der Waals surface area (Å²) in [6.45, 7) is 1.21. The van der Waals surface area contributed by atoms with Gasteiger partial charge in [0.1, 0.15) is 0 Å². The van der Waals surface area contributed by atoms with Gasteiger partial charge < -0.3 is 19.1 Å². The van der Waals surface area contributed by atoms with E-state index in [0.29, 0.717) is 36.6 Å². The number of benzene rings is 1. The number of hydrogen-bond donors (Lipinski definition) is 0. The second kappa shape index (κ2) is 8.37. The summed E-state index contributed by atoms with van der Waals surface area (Å²) in [6, 6.07) is 1.73. The van der Waals surface area contributed by atoms with Crippen LogP contribution in [0.4, 0.5) is 0 Å². The molecule has 1 aromatic carbocycles. The maximum Gasteiger partial charge on any atom is 0.305 e. The highest BCUT2D eigenvalue weighted by Gasteiger charge is 2.32. The smallest absolute Gasteiger partial charge is 0.305 e. The Morgan fingerprint density at radius 1 is 1.21 bits per heavy atom. The number of hydrogen-bond acceptors (Lipinski definition) is 5. The van der Waals surface area contributed by atoms with E-state index in [2.05, 4.69) is 20.7 Å². The Labute approximate surface area is 150 Å². The third-order valence-electron chi connectivity index (χ3n) is 4.12. The fourth-order valence-electron chi connectivity index (χ4n) is 2.80. The summed E-state index contributed by atoms with van der Waals surface area (Å²) in [5.74, 6) is 0.947. The van der Waals surface area contributed by atoms with E-state index in [-0.39, 0.29) is 11.9 Å². The third kappa shape index (κ3) is 3.83. The predicted molar refractivity (Wildman–Crippen MR) is 92.5 cm³/mol. The molecule has 0 saturated heterocycles. The lowest BCUT2D eigenvalue weighted by molar-refractivity contribution is -0.140. The highest BCUT2D eigenvalue weighted by atomic mass is 79.9. The van der Waals surface area contributed by atoms with Gasteiger partial charge >= 0.3 is 5.97 Å². The summed E-state index contributed by atoms with van der Waals surface area (Å²) in [5, 5.41) is 0. The first-order chi connectivity index (χ1) is 11.5. The van der Waals surface area contributed by atoms with Crippen molar-refractivity contribution >= 4 is 27.8 Å². The van der Waals surface area contributed by atoms with Crippen molar-refractivity contribution in [1.82, 2.24) is 4.90 Å². The maximum absolute atomic E-state index is 12.6. The molecule has 0 unspecified atom stereocenters. The summed E-state index contributed by atoms with van der Waals surface area (Å²) in [4.78, 5) is 25.5. The zero-order chi connectivity index (χ0) is 17.7. The van der Waals surface area contributed by atoms with Gasteiger partial charge in [-0.25, -0.2) is 0 Å². The molecule has 1 aromatic rings. The molecule has 0 radical (unpaired) electrons. The van der Waals surface area contributed by atoms with E-state index in [0.717, 1.165) is 29.3 Å². The topological polar surface area (TPSA) is 65.1 Å². The molecule has 0 aliphatic carbocycles. The molecule has 132 valence electrons. The SMILES string of the molecule is COC(=O)CCCCCN1Cc2c(cc(OC)c(OC)c2Br)C1=O. The van der Waals surface area contributed by atoms with Crippen LogP contribution in [-0.4, -0.2) is 44.7 Å². The molecule has 1 amide bonds. The molecule has 0 N–H and O–H groups in total. The van der Waals surface area contributed by atoms with E-state index in [9.17, 15) is 9.59 Å². The van der Waals surface area contributed by atoms with Crippen molar-refractivity contribution in [2.45, 2.75) is 32.2 Å². The Morgan fingerprint density at radius 3 is 2.58 bits per heavy atom. The first kappa shape index (κ1) is 18.6. The fraction of sp³-hybridized carbons (Fsp3) is 0.529. The summed E-state index contributed by atoms with van der Waals surface area (Å²) in [5.41, 5.74) is 1.57. The normalized spacial score (nSPS) is 13.0. The second-order valence-corrected chi connectivity index (χ2v) is 6.36. The number of halogens is 1. The molecule has 0 atom stereocenters. The van der Waals surface area contributed by atoms with Gasteiger partial charge in [0, 0.05) is 30.6 Å². The highest BCUT2D eigenvalue weighted by Crippen LogP contribution is 2.42. The molecule has 7 heteroatoms. The number of carbonyl (C=O) groups is 2. The highest BCUT2D eigenvalue weighted by molar-refractivity contribution is 9.10. The molecule has 1 aliphatic rings. The van der Waals surface area contributed by atoms with Gasteiger partial charge in [-0.2, -0.15) is 0 Å². The van der Waals surface area contributed by atoms with Crippen molar-refractivity contribution in [1.29, 1.82) is 0 Å². The molecule has 2 rings (SSSR count). The largest absolute Gasteiger partial charge is 0.493 e. The summed E-state index contributed by atoms with van der Waals surface area (Å²) >= 11 is 3.52. The van der Waals surface area contributed by atoms with Crippen molar-refractivity contribution in [3.05, 3.63) is 21.7 Å². The molecule has 0 fully saturated rings. The number of esters is 1. The van der Waals surface area contributed by atoms with Crippen LogP contribution in [0.25, 0.3) is 0 Å². The average Bonchev–Trinajstić information content (AvgIpc) is 2.90. The van der Waals surface area contributed by atoms with Gasteiger partial charge in [0.15, 0.2) is 11.5 Å². The molecule has 1 heterocycles. The number of rotatable bonds is 8. The van der Waals surface area contributed by atoms with Gasteiger partial charge in [0.2, 0.25) is 0 Å². The van der Waals surface area contributed by atoms with Crippen LogP contribution in [-0.2, 0) is 16.1 Å². The summed E-state index contributed by atoms with van der Waals surface area (Å²) < 4.78 is 16.0. The number of nitrogens with zero attached hydrogens (tertiary/aromatic N) is 1. The van der Waals surface area contributed by atoms with Crippen LogP contribution in [0, 0.1) is 0 Å². The number of unbranched alkanes of at least 4 members (excludes halogenated alkanes) is 2. The number of methoxy groups -OCH3 is 3. The van der Waals surface area contributed by atoms with Gasteiger partial charge in [-0.15, -0.1) is 0 Å². The van der Waals surface area contributed by atoms with Crippen LogP contribution in [0.3, 0.4) is 0 Å². The molecular formula is C17H22BrNO5. The van der Waals surface area contributed by atoms with Crippen molar-refractivity contribution < 1.29 is 23.8 Å². The van der Waals surface area contributed by atoms with Crippen LogP contribution in [0.2, 0.25) is 0 Å². The van der Waals surface area contributed by atoms with Gasteiger partial charge in [-0.05, 0) is 34.8 Å².